The predicted molar refractivity (Wildman–Crippen MR) is 105 cm³/mol. The number of ether oxygens (including phenoxy) is 4. The van der Waals surface area contributed by atoms with Crippen molar-refractivity contribution in [3.05, 3.63) is 59.6 Å². The summed E-state index contributed by atoms with van der Waals surface area (Å²) in [7, 11) is 2.94. The molecule has 0 aliphatic carbocycles. The lowest BCUT2D eigenvalue weighted by Crippen LogP contribution is -2.20. The van der Waals surface area contributed by atoms with Gasteiger partial charge in [-0.25, -0.2) is 4.79 Å². The largest absolute Gasteiger partial charge is 0.495 e. The highest BCUT2D eigenvalue weighted by atomic mass is 35.5. The van der Waals surface area contributed by atoms with Crippen molar-refractivity contribution >= 4 is 29.2 Å². The summed E-state index contributed by atoms with van der Waals surface area (Å²) < 4.78 is 20.9. The molecule has 0 aliphatic rings. The summed E-state index contributed by atoms with van der Waals surface area (Å²) in [6.45, 7) is 3.10. The molecule has 0 fully saturated rings. The number of para-hydroxylation sites is 2. The van der Waals surface area contributed by atoms with Crippen LogP contribution in [0, 0.1) is 0 Å². The maximum absolute atomic E-state index is 12.2. The Labute approximate surface area is 167 Å². The molecule has 0 saturated carbocycles. The molecular formula is C20H20ClNO6. The van der Waals surface area contributed by atoms with Crippen LogP contribution in [-0.4, -0.2) is 39.3 Å². The van der Waals surface area contributed by atoms with Crippen LogP contribution in [0.15, 0.2) is 54.1 Å². The van der Waals surface area contributed by atoms with Gasteiger partial charge >= 0.3 is 5.97 Å². The van der Waals surface area contributed by atoms with Crippen LogP contribution in [0.3, 0.4) is 0 Å². The second-order valence-electron chi connectivity index (χ2n) is 5.50. The first-order valence-corrected chi connectivity index (χ1v) is 8.56. The van der Waals surface area contributed by atoms with Gasteiger partial charge in [-0.2, -0.15) is 0 Å². The van der Waals surface area contributed by atoms with E-state index in [1.54, 1.807) is 24.3 Å². The average Bonchev–Trinajstić information content (AvgIpc) is 2.70. The fourth-order valence-electron chi connectivity index (χ4n) is 2.22. The van der Waals surface area contributed by atoms with Gasteiger partial charge in [0, 0.05) is 5.03 Å². The summed E-state index contributed by atoms with van der Waals surface area (Å²) in [6, 6.07) is 11.5. The lowest BCUT2D eigenvalue weighted by molar-refractivity contribution is -0.118. The first-order chi connectivity index (χ1) is 13.4. The normalized spacial score (nSPS) is 9.96. The van der Waals surface area contributed by atoms with E-state index in [2.05, 4.69) is 11.9 Å². The highest BCUT2D eigenvalue weighted by Crippen LogP contribution is 2.29. The number of hydrogen-bond donors (Lipinski definition) is 1. The molecule has 0 aromatic heterocycles. The maximum atomic E-state index is 12.2. The average molecular weight is 406 g/mol. The zero-order valence-electron chi connectivity index (χ0n) is 15.5. The minimum absolute atomic E-state index is 0.0932. The third-order valence-electron chi connectivity index (χ3n) is 3.50. The van der Waals surface area contributed by atoms with Gasteiger partial charge in [0.2, 0.25) is 0 Å². The number of amides is 1. The Hall–Kier alpha value is -3.19. The number of rotatable bonds is 9. The molecule has 28 heavy (non-hydrogen) atoms. The van der Waals surface area contributed by atoms with Crippen molar-refractivity contribution in [2.75, 3.05) is 32.8 Å². The highest BCUT2D eigenvalue weighted by Gasteiger charge is 2.14. The molecule has 8 heteroatoms. The minimum atomic E-state index is -0.583. The Morgan fingerprint density at radius 1 is 1.00 bits per heavy atom. The molecule has 0 aliphatic heterocycles. The molecule has 2 aromatic carbocycles. The van der Waals surface area contributed by atoms with Crippen LogP contribution in [0.5, 0.6) is 17.2 Å². The van der Waals surface area contributed by atoms with Crippen molar-refractivity contribution in [1.82, 2.24) is 0 Å². The van der Waals surface area contributed by atoms with Gasteiger partial charge in [0.15, 0.2) is 18.1 Å². The van der Waals surface area contributed by atoms with Crippen molar-refractivity contribution in [1.29, 1.82) is 0 Å². The van der Waals surface area contributed by atoms with E-state index in [1.165, 1.54) is 32.4 Å². The first kappa shape index (κ1) is 21.1. The van der Waals surface area contributed by atoms with E-state index in [0.29, 0.717) is 17.2 Å². The Bertz CT molecular complexity index is 868. The number of hydrogen-bond acceptors (Lipinski definition) is 6. The quantitative estimate of drug-likeness (QED) is 0.641. The van der Waals surface area contributed by atoms with E-state index in [-0.39, 0.29) is 35.5 Å². The van der Waals surface area contributed by atoms with Crippen LogP contribution in [-0.2, 0) is 9.53 Å². The monoisotopic (exact) mass is 405 g/mol. The molecule has 0 atom stereocenters. The lowest BCUT2D eigenvalue weighted by atomic mass is 10.2. The second kappa shape index (κ2) is 10.2. The van der Waals surface area contributed by atoms with Gasteiger partial charge in [-0.1, -0.05) is 30.3 Å². The maximum Gasteiger partial charge on any atom is 0.338 e. The molecule has 0 spiro atoms. The number of carbonyl (C=O) groups excluding carboxylic acids is 2. The summed E-state index contributed by atoms with van der Waals surface area (Å²) in [5.74, 6) is 0.160. The molecule has 0 radical (unpaired) electrons. The topological polar surface area (TPSA) is 83.1 Å². The van der Waals surface area contributed by atoms with E-state index in [4.69, 9.17) is 30.5 Å². The first-order valence-electron chi connectivity index (χ1n) is 8.18. The highest BCUT2D eigenvalue weighted by molar-refractivity contribution is 6.29. The van der Waals surface area contributed by atoms with E-state index in [0.717, 1.165) is 0 Å². The Balaban J connectivity index is 2.00. The van der Waals surface area contributed by atoms with Crippen molar-refractivity contribution in [2.45, 2.75) is 0 Å². The van der Waals surface area contributed by atoms with E-state index < -0.39 is 5.97 Å². The number of methoxy groups -OCH3 is 2. The fourth-order valence-corrected chi connectivity index (χ4v) is 2.27. The van der Waals surface area contributed by atoms with Gasteiger partial charge in [-0.05, 0) is 30.3 Å². The van der Waals surface area contributed by atoms with E-state index in [1.807, 2.05) is 0 Å². The van der Waals surface area contributed by atoms with Crippen LogP contribution in [0.25, 0.3) is 0 Å². The van der Waals surface area contributed by atoms with Crippen LogP contribution >= 0.6 is 11.6 Å². The Kier molecular flexibility index (Phi) is 7.71. The molecule has 0 unspecified atom stereocenters. The summed E-state index contributed by atoms with van der Waals surface area (Å²) in [5.41, 5.74) is 0.783. The van der Waals surface area contributed by atoms with Crippen molar-refractivity contribution < 1.29 is 28.5 Å². The van der Waals surface area contributed by atoms with Gasteiger partial charge in [0.25, 0.3) is 5.91 Å². The van der Waals surface area contributed by atoms with Crippen LogP contribution < -0.4 is 19.5 Å². The fraction of sp³-hybridized carbons (Fsp3) is 0.200. The molecule has 0 saturated heterocycles. The van der Waals surface area contributed by atoms with Crippen molar-refractivity contribution in [3.8, 4) is 17.2 Å². The molecular weight excluding hydrogens is 386 g/mol. The molecule has 2 rings (SSSR count). The Morgan fingerprint density at radius 2 is 1.71 bits per heavy atom. The van der Waals surface area contributed by atoms with Gasteiger partial charge in [0.05, 0.1) is 25.5 Å². The molecule has 0 heterocycles. The second-order valence-corrected chi connectivity index (χ2v) is 6.03. The van der Waals surface area contributed by atoms with E-state index >= 15 is 0 Å². The number of esters is 1. The van der Waals surface area contributed by atoms with Gasteiger partial charge in [-0.3, -0.25) is 4.79 Å². The molecule has 2 aromatic rings. The van der Waals surface area contributed by atoms with Crippen molar-refractivity contribution in [2.24, 2.45) is 0 Å². The third kappa shape index (κ3) is 5.92. The number of nitrogens with one attached hydrogen (secondary N) is 1. The standard InChI is InChI=1S/C20H20ClNO6/c1-13(21)11-28-20(24)14-8-9-17(18(10-14)26-3)27-12-19(23)22-15-6-4-5-7-16(15)25-2/h4-10H,1,11-12H2,2-3H3,(H,22,23). The Morgan fingerprint density at radius 3 is 2.39 bits per heavy atom. The summed E-state index contributed by atoms with van der Waals surface area (Å²) >= 11 is 5.58. The number of halogens is 1. The summed E-state index contributed by atoms with van der Waals surface area (Å²) in [4.78, 5) is 24.1. The van der Waals surface area contributed by atoms with Crippen LogP contribution in [0.4, 0.5) is 5.69 Å². The van der Waals surface area contributed by atoms with Crippen molar-refractivity contribution in [3.63, 3.8) is 0 Å². The van der Waals surface area contributed by atoms with Gasteiger partial charge in [0.1, 0.15) is 12.4 Å². The van der Waals surface area contributed by atoms with E-state index in [9.17, 15) is 9.59 Å². The zero-order chi connectivity index (χ0) is 20.5. The van der Waals surface area contributed by atoms with Gasteiger partial charge in [-0.15, -0.1) is 0 Å². The zero-order valence-corrected chi connectivity index (χ0v) is 16.2. The predicted octanol–water partition coefficient (Wildman–Crippen LogP) is 3.63. The summed E-state index contributed by atoms with van der Waals surface area (Å²) in [5, 5.41) is 2.91. The van der Waals surface area contributed by atoms with Gasteiger partial charge < -0.3 is 24.3 Å². The molecule has 7 nitrogen and oxygen atoms in total. The smallest absolute Gasteiger partial charge is 0.338 e. The number of benzene rings is 2. The van der Waals surface area contributed by atoms with Crippen LogP contribution in [0.2, 0.25) is 0 Å². The number of anilines is 1. The third-order valence-corrected chi connectivity index (χ3v) is 3.61. The summed E-state index contributed by atoms with van der Waals surface area (Å²) in [6.07, 6.45) is 0. The molecule has 1 amide bonds. The SMILES string of the molecule is C=C(Cl)COC(=O)c1ccc(OCC(=O)Nc2ccccc2OC)c(OC)c1. The molecule has 0 bridgehead atoms. The minimum Gasteiger partial charge on any atom is -0.495 e. The molecule has 148 valence electrons. The lowest BCUT2D eigenvalue weighted by Gasteiger charge is -2.13. The number of carbonyl (C=O) groups is 2. The molecule has 1 N–H and O–H groups in total. The van der Waals surface area contributed by atoms with Crippen LogP contribution in [0.1, 0.15) is 10.4 Å².